The first-order valence-electron chi connectivity index (χ1n) is 20.7. The van der Waals surface area contributed by atoms with Crippen molar-refractivity contribution in [2.75, 3.05) is 0 Å². The summed E-state index contributed by atoms with van der Waals surface area (Å²) in [7, 11) is 0. The average molecular weight is 637 g/mol. The van der Waals surface area contributed by atoms with Crippen LogP contribution in [-0.2, 0) is 4.79 Å². The number of rotatable bonds is 21. The molecular formula is C44H76O2. The van der Waals surface area contributed by atoms with Gasteiger partial charge in [-0.15, -0.1) is 6.58 Å². The number of hydrogen-bond donors (Lipinski definition) is 1. The third kappa shape index (κ3) is 9.34. The number of carboxylic acids is 1. The zero-order chi connectivity index (χ0) is 33.2. The van der Waals surface area contributed by atoms with Crippen LogP contribution in [0.1, 0.15) is 195 Å². The van der Waals surface area contributed by atoms with Crippen molar-refractivity contribution >= 4 is 5.97 Å². The first-order chi connectivity index (χ1) is 22.1. The molecule has 264 valence electrons. The van der Waals surface area contributed by atoms with Crippen LogP contribution in [0.25, 0.3) is 0 Å². The first kappa shape index (κ1) is 37.8. The molecule has 2 heteroatoms. The molecule has 4 aliphatic rings. The average Bonchev–Trinajstić information content (AvgIpc) is 3.38. The van der Waals surface area contributed by atoms with Crippen LogP contribution < -0.4 is 0 Å². The van der Waals surface area contributed by atoms with Crippen LogP contribution in [-0.4, -0.2) is 11.1 Å². The van der Waals surface area contributed by atoms with E-state index in [1.165, 1.54) is 140 Å². The smallest absolute Gasteiger partial charge is 0.306 e. The molecule has 0 heterocycles. The summed E-state index contributed by atoms with van der Waals surface area (Å²) in [5.41, 5.74) is 3.83. The van der Waals surface area contributed by atoms with Gasteiger partial charge in [-0.2, -0.15) is 0 Å². The number of hydrogen-bond acceptors (Lipinski definition) is 1. The van der Waals surface area contributed by atoms with E-state index in [1.807, 2.05) is 0 Å². The molecule has 0 aromatic heterocycles. The summed E-state index contributed by atoms with van der Waals surface area (Å²) in [5, 5.41) is 10.3. The van der Waals surface area contributed by atoms with E-state index in [0.717, 1.165) is 55.3 Å². The van der Waals surface area contributed by atoms with Crippen molar-refractivity contribution in [1.29, 1.82) is 0 Å². The number of carbonyl (C=O) groups is 1. The molecule has 4 aliphatic carbocycles. The van der Waals surface area contributed by atoms with E-state index in [1.54, 1.807) is 5.57 Å². The predicted octanol–water partition coefficient (Wildman–Crippen LogP) is 13.7. The molecule has 0 aromatic rings. The van der Waals surface area contributed by atoms with Crippen molar-refractivity contribution in [2.45, 2.75) is 195 Å². The van der Waals surface area contributed by atoms with E-state index in [2.05, 4.69) is 47.3 Å². The highest BCUT2D eigenvalue weighted by Gasteiger charge is 2.59. The van der Waals surface area contributed by atoms with Gasteiger partial charge in [-0.25, -0.2) is 0 Å². The Bertz CT molecular complexity index is 978. The number of unbranched alkanes of at least 4 members (excludes halogenated alkanes) is 12. The molecule has 0 saturated heterocycles. The Kier molecular flexibility index (Phi) is 14.8. The van der Waals surface area contributed by atoms with Crippen molar-refractivity contribution < 1.29 is 9.90 Å². The van der Waals surface area contributed by atoms with E-state index >= 15 is 0 Å². The Balaban J connectivity index is 1.22. The summed E-state index contributed by atoms with van der Waals surface area (Å²) in [6.07, 6.45) is 35.3. The minimum absolute atomic E-state index is 0.146. The van der Waals surface area contributed by atoms with E-state index in [0.29, 0.717) is 16.7 Å². The molecule has 0 aromatic carbocycles. The molecule has 3 saturated carbocycles. The monoisotopic (exact) mass is 637 g/mol. The van der Waals surface area contributed by atoms with E-state index in [4.69, 9.17) is 0 Å². The molecule has 2 nitrogen and oxygen atoms in total. The van der Waals surface area contributed by atoms with E-state index in [9.17, 15) is 9.90 Å². The molecule has 0 spiro atoms. The summed E-state index contributed by atoms with van der Waals surface area (Å²) < 4.78 is 0. The van der Waals surface area contributed by atoms with Crippen molar-refractivity contribution in [3.63, 3.8) is 0 Å². The van der Waals surface area contributed by atoms with Gasteiger partial charge in [0, 0.05) is 0 Å². The van der Waals surface area contributed by atoms with Crippen LogP contribution >= 0.6 is 0 Å². The van der Waals surface area contributed by atoms with Gasteiger partial charge in [0.1, 0.15) is 0 Å². The summed E-state index contributed by atoms with van der Waals surface area (Å²) in [6, 6.07) is 0. The van der Waals surface area contributed by atoms with Gasteiger partial charge >= 0.3 is 5.97 Å². The SMILES string of the molecule is C=C(C)CCC[C@@H](C)[C@H]1CC[C@H]2[C@@H]3CC=C4C[C@@H](C(CCCCCCCCCCCCCCC)C(=O)O)CC[C@]4(C)[C@H]3CC[C@]12C. The molecule has 0 radical (unpaired) electrons. The highest BCUT2D eigenvalue weighted by atomic mass is 16.4. The van der Waals surface area contributed by atoms with E-state index < -0.39 is 5.97 Å². The van der Waals surface area contributed by atoms with Crippen LogP contribution in [0, 0.1) is 52.3 Å². The van der Waals surface area contributed by atoms with Gasteiger partial charge in [0.2, 0.25) is 0 Å². The number of fused-ring (bicyclic) bond motifs is 5. The zero-order valence-corrected chi connectivity index (χ0v) is 31.4. The van der Waals surface area contributed by atoms with Gasteiger partial charge in [-0.05, 0) is 124 Å². The van der Waals surface area contributed by atoms with Gasteiger partial charge in [-0.1, -0.05) is 135 Å². The molecule has 9 atom stereocenters. The molecule has 1 unspecified atom stereocenters. The van der Waals surface area contributed by atoms with Gasteiger partial charge in [0.25, 0.3) is 0 Å². The topological polar surface area (TPSA) is 37.3 Å². The van der Waals surface area contributed by atoms with Crippen molar-refractivity contribution in [3.05, 3.63) is 23.8 Å². The summed E-state index contributed by atoms with van der Waals surface area (Å²) in [6.45, 7) is 16.5. The Labute approximate surface area is 286 Å². The Morgan fingerprint density at radius 2 is 1.48 bits per heavy atom. The Morgan fingerprint density at radius 1 is 0.848 bits per heavy atom. The summed E-state index contributed by atoms with van der Waals surface area (Å²) >= 11 is 0. The normalized spacial score (nSPS) is 33.4. The molecule has 4 rings (SSSR count). The maximum absolute atomic E-state index is 12.5. The van der Waals surface area contributed by atoms with Crippen LogP contribution in [0.4, 0.5) is 0 Å². The lowest BCUT2D eigenvalue weighted by atomic mass is 9.46. The maximum atomic E-state index is 12.5. The van der Waals surface area contributed by atoms with Gasteiger partial charge in [-0.3, -0.25) is 4.79 Å². The number of allylic oxidation sites excluding steroid dienone is 3. The highest BCUT2D eigenvalue weighted by molar-refractivity contribution is 5.70. The van der Waals surface area contributed by atoms with Crippen molar-refractivity contribution in [2.24, 2.45) is 52.3 Å². The van der Waals surface area contributed by atoms with Crippen LogP contribution in [0.3, 0.4) is 0 Å². The molecule has 0 amide bonds. The predicted molar refractivity (Wildman–Crippen MR) is 198 cm³/mol. The standard InChI is InChI=1S/C44H76O2/c1-7-8-9-10-11-12-13-14-15-16-17-18-19-23-37(42(45)46)35-28-30-43(5)36(32-35)24-25-38-40-27-26-39(34(4)22-20-21-33(2)3)44(40,6)31-29-41(38)43/h24,34-35,37-41H,2,7-23,25-32H2,1,3-6H3,(H,45,46)/t34-,35+,37?,38+,39-,40+,41+,43+,44-/m1/s1. The molecular weight excluding hydrogens is 560 g/mol. The molecule has 0 aliphatic heterocycles. The van der Waals surface area contributed by atoms with Crippen LogP contribution in [0.2, 0.25) is 0 Å². The van der Waals surface area contributed by atoms with Crippen LogP contribution in [0.15, 0.2) is 23.8 Å². The second kappa shape index (κ2) is 18.1. The second-order valence-electron chi connectivity index (χ2n) is 17.8. The van der Waals surface area contributed by atoms with E-state index in [-0.39, 0.29) is 5.92 Å². The van der Waals surface area contributed by atoms with Gasteiger partial charge in [0.05, 0.1) is 5.92 Å². The second-order valence-corrected chi connectivity index (χ2v) is 17.8. The molecule has 1 N–H and O–H groups in total. The molecule has 3 fully saturated rings. The minimum atomic E-state index is -0.523. The zero-order valence-electron chi connectivity index (χ0n) is 31.4. The Morgan fingerprint density at radius 3 is 2.09 bits per heavy atom. The highest BCUT2D eigenvalue weighted by Crippen LogP contribution is 2.67. The number of carboxylic acid groups (broad SMARTS) is 1. The quantitative estimate of drug-likeness (QED) is 0.101. The Hall–Kier alpha value is -1.05. The van der Waals surface area contributed by atoms with Gasteiger partial charge < -0.3 is 5.11 Å². The van der Waals surface area contributed by atoms with Crippen LogP contribution in [0.5, 0.6) is 0 Å². The first-order valence-corrected chi connectivity index (χ1v) is 20.7. The molecule has 0 bridgehead atoms. The maximum Gasteiger partial charge on any atom is 0.306 e. The van der Waals surface area contributed by atoms with Crippen molar-refractivity contribution in [1.82, 2.24) is 0 Å². The lowest BCUT2D eigenvalue weighted by molar-refractivity contribution is -0.144. The molecule has 46 heavy (non-hydrogen) atoms. The fraction of sp³-hybridized carbons (Fsp3) is 0.886. The summed E-state index contributed by atoms with van der Waals surface area (Å²) in [5.74, 6) is 3.93. The third-order valence-electron chi connectivity index (χ3n) is 14.7. The fourth-order valence-corrected chi connectivity index (χ4v) is 11.9. The van der Waals surface area contributed by atoms with Gasteiger partial charge in [0.15, 0.2) is 0 Å². The minimum Gasteiger partial charge on any atom is -0.481 e. The summed E-state index contributed by atoms with van der Waals surface area (Å²) in [4.78, 5) is 12.5. The number of aliphatic carboxylic acids is 1. The lowest BCUT2D eigenvalue weighted by Gasteiger charge is -2.59. The lowest BCUT2D eigenvalue weighted by Crippen LogP contribution is -2.51. The van der Waals surface area contributed by atoms with Crippen molar-refractivity contribution in [3.8, 4) is 0 Å². The third-order valence-corrected chi connectivity index (χ3v) is 14.7. The fourth-order valence-electron chi connectivity index (χ4n) is 11.9. The largest absolute Gasteiger partial charge is 0.481 e.